The van der Waals surface area contributed by atoms with Gasteiger partial charge in [0.1, 0.15) is 12.6 Å². The Balaban J connectivity index is 1.34. The molecule has 0 bridgehead atoms. The highest BCUT2D eigenvalue weighted by molar-refractivity contribution is 5.91. The molecule has 0 aromatic carbocycles. The van der Waals surface area contributed by atoms with Crippen LogP contribution in [-0.2, 0) is 0 Å². The number of H-pyrrole nitrogens is 1. The highest BCUT2D eigenvalue weighted by Crippen LogP contribution is 2.45. The van der Waals surface area contributed by atoms with Crippen LogP contribution in [0.2, 0.25) is 0 Å². The number of hydrogen-bond donors (Lipinski definition) is 2. The summed E-state index contributed by atoms with van der Waals surface area (Å²) in [5.74, 6) is -1.29. The van der Waals surface area contributed by atoms with Gasteiger partial charge >= 0.3 is 12.2 Å². The minimum atomic E-state index is -4.62. The molecule has 1 aliphatic heterocycles. The van der Waals surface area contributed by atoms with E-state index in [0.717, 1.165) is 18.0 Å². The van der Waals surface area contributed by atoms with E-state index in [1.165, 1.54) is 0 Å². The fraction of sp³-hybridized carbons (Fsp3) is 0.522. The molecule has 1 unspecified atom stereocenters. The molecular weight excluding hydrogens is 491 g/mol. The fourth-order valence-electron chi connectivity index (χ4n) is 4.18. The number of nitrogens with one attached hydrogen (secondary N) is 2. The Morgan fingerprint density at radius 2 is 2.08 bits per heavy atom. The molecule has 1 aliphatic carbocycles. The number of ether oxygens (including phenoxy) is 1. The van der Waals surface area contributed by atoms with E-state index < -0.39 is 29.4 Å². The second-order valence-electron chi connectivity index (χ2n) is 9.43. The number of nitrogens with zero attached hydrogens (tertiary/aromatic N) is 7. The smallest absolute Gasteiger partial charge is 0.408 e. The van der Waals surface area contributed by atoms with Crippen LogP contribution in [0.25, 0.3) is 11.0 Å². The molecule has 1 atom stereocenters. The van der Waals surface area contributed by atoms with Crippen LogP contribution in [0.1, 0.15) is 54.8 Å². The molecule has 1 saturated heterocycles. The van der Waals surface area contributed by atoms with Crippen LogP contribution in [0.5, 0.6) is 6.01 Å². The van der Waals surface area contributed by atoms with Gasteiger partial charge in [0.25, 0.3) is 5.91 Å². The second kappa shape index (κ2) is 9.45. The maximum atomic E-state index is 13.0. The first-order chi connectivity index (χ1) is 17.7. The summed E-state index contributed by atoms with van der Waals surface area (Å²) < 4.78 is 44.6. The zero-order valence-corrected chi connectivity index (χ0v) is 19.9. The van der Waals surface area contributed by atoms with Crippen molar-refractivity contribution < 1.29 is 22.7 Å². The largest absolute Gasteiger partial charge is 0.462 e. The summed E-state index contributed by atoms with van der Waals surface area (Å²) in [6.07, 6.45) is -0.171. The van der Waals surface area contributed by atoms with Gasteiger partial charge < -0.3 is 15.0 Å². The van der Waals surface area contributed by atoms with Gasteiger partial charge in [-0.25, -0.2) is 4.98 Å². The Hall–Kier alpha value is -4.02. The SMILES string of the molecule is CC(NC(=O)c1nc(OCC2(C#N)CC2)nc(N2CCC(c3n[nH]c4ncccc34)CC2)n1)C(F)(F)F. The fourth-order valence-corrected chi connectivity index (χ4v) is 4.18. The number of anilines is 1. The van der Waals surface area contributed by atoms with E-state index in [9.17, 15) is 23.2 Å². The first-order valence-electron chi connectivity index (χ1n) is 11.9. The van der Waals surface area contributed by atoms with E-state index in [0.29, 0.717) is 44.4 Å². The number of aromatic amines is 1. The minimum absolute atomic E-state index is 0.0231. The van der Waals surface area contributed by atoms with Gasteiger partial charge in [-0.15, -0.1) is 0 Å². The molecule has 2 aliphatic rings. The van der Waals surface area contributed by atoms with Gasteiger partial charge in [0.05, 0.1) is 17.2 Å². The zero-order valence-electron chi connectivity index (χ0n) is 19.9. The van der Waals surface area contributed by atoms with Crippen LogP contribution in [0.15, 0.2) is 18.3 Å². The molecule has 2 N–H and O–H groups in total. The summed E-state index contributed by atoms with van der Waals surface area (Å²) >= 11 is 0. The van der Waals surface area contributed by atoms with Crippen molar-refractivity contribution in [2.75, 3.05) is 24.6 Å². The Bertz CT molecular complexity index is 1340. The van der Waals surface area contributed by atoms with Crippen molar-refractivity contribution in [2.45, 2.75) is 50.7 Å². The van der Waals surface area contributed by atoms with Crippen molar-refractivity contribution in [3.8, 4) is 12.1 Å². The average molecular weight is 516 g/mol. The van der Waals surface area contributed by atoms with Gasteiger partial charge in [-0.2, -0.15) is 38.5 Å². The number of aromatic nitrogens is 6. The van der Waals surface area contributed by atoms with E-state index in [4.69, 9.17) is 4.74 Å². The third-order valence-corrected chi connectivity index (χ3v) is 6.74. The highest BCUT2D eigenvalue weighted by Gasteiger charge is 2.44. The van der Waals surface area contributed by atoms with Crippen molar-refractivity contribution in [3.05, 3.63) is 29.8 Å². The highest BCUT2D eigenvalue weighted by atomic mass is 19.4. The second-order valence-corrected chi connectivity index (χ2v) is 9.43. The Morgan fingerprint density at radius 1 is 1.32 bits per heavy atom. The number of amides is 1. The summed E-state index contributed by atoms with van der Waals surface area (Å²) in [5.41, 5.74) is 1.02. The molecular formula is C23H24F3N9O2. The Labute approximate surface area is 209 Å². The summed E-state index contributed by atoms with van der Waals surface area (Å²) in [5, 5.41) is 19.5. The van der Waals surface area contributed by atoms with Crippen molar-refractivity contribution in [1.29, 1.82) is 5.26 Å². The maximum absolute atomic E-state index is 13.0. The minimum Gasteiger partial charge on any atom is -0.462 e. The molecule has 3 aromatic rings. The molecule has 1 saturated carbocycles. The zero-order chi connectivity index (χ0) is 26.2. The van der Waals surface area contributed by atoms with E-state index in [2.05, 4.69) is 36.2 Å². The van der Waals surface area contributed by atoms with Gasteiger partial charge in [-0.05, 0) is 44.7 Å². The number of rotatable bonds is 7. The topological polar surface area (TPSA) is 146 Å². The normalized spacial score (nSPS) is 18.3. The molecule has 2 fully saturated rings. The number of carbonyl (C=O) groups excluding carboxylic acids is 1. The van der Waals surface area contributed by atoms with Gasteiger partial charge in [-0.1, -0.05) is 0 Å². The van der Waals surface area contributed by atoms with Gasteiger partial charge in [0, 0.05) is 30.6 Å². The van der Waals surface area contributed by atoms with Gasteiger partial charge in [-0.3, -0.25) is 9.89 Å². The third-order valence-electron chi connectivity index (χ3n) is 6.74. The van der Waals surface area contributed by atoms with Gasteiger partial charge in [0.2, 0.25) is 11.8 Å². The number of hydrogen-bond acceptors (Lipinski definition) is 9. The first-order valence-corrected chi connectivity index (χ1v) is 11.9. The number of piperidine rings is 1. The van der Waals surface area contributed by atoms with Crippen LogP contribution >= 0.6 is 0 Å². The predicted molar refractivity (Wildman–Crippen MR) is 124 cm³/mol. The molecule has 14 heteroatoms. The molecule has 0 spiro atoms. The lowest BCUT2D eigenvalue weighted by atomic mass is 9.92. The number of alkyl halides is 3. The molecule has 3 aromatic heterocycles. The summed E-state index contributed by atoms with van der Waals surface area (Å²) in [7, 11) is 0. The molecule has 37 heavy (non-hydrogen) atoms. The number of fused-ring (bicyclic) bond motifs is 1. The van der Waals surface area contributed by atoms with Crippen LogP contribution in [0, 0.1) is 16.7 Å². The van der Waals surface area contributed by atoms with Crippen molar-refractivity contribution in [3.63, 3.8) is 0 Å². The lowest BCUT2D eigenvalue weighted by Crippen LogP contribution is -2.44. The number of halogens is 3. The summed E-state index contributed by atoms with van der Waals surface area (Å²) in [4.78, 5) is 31.1. The molecule has 0 radical (unpaired) electrons. The van der Waals surface area contributed by atoms with E-state index in [1.807, 2.05) is 22.3 Å². The van der Waals surface area contributed by atoms with Gasteiger partial charge in [0.15, 0.2) is 5.65 Å². The lowest BCUT2D eigenvalue weighted by Gasteiger charge is -2.31. The van der Waals surface area contributed by atoms with E-state index in [-0.39, 0.29) is 24.5 Å². The molecule has 1 amide bonds. The van der Waals surface area contributed by atoms with E-state index >= 15 is 0 Å². The third kappa shape index (κ3) is 5.25. The average Bonchev–Trinajstić information content (AvgIpc) is 3.56. The van der Waals surface area contributed by atoms with Crippen molar-refractivity contribution in [1.82, 2.24) is 35.5 Å². The Morgan fingerprint density at radius 3 is 2.76 bits per heavy atom. The summed E-state index contributed by atoms with van der Waals surface area (Å²) in [6, 6.07) is 3.71. The Kier molecular flexibility index (Phi) is 6.30. The molecule has 11 nitrogen and oxygen atoms in total. The number of pyridine rings is 1. The van der Waals surface area contributed by atoms with Crippen LogP contribution in [0.3, 0.4) is 0 Å². The van der Waals surface area contributed by atoms with Crippen LogP contribution in [-0.4, -0.2) is 68.0 Å². The summed E-state index contributed by atoms with van der Waals surface area (Å²) in [6.45, 7) is 1.89. The standard InChI is InChI=1S/C23H24F3N9O2/c1-13(23(24,25)26)29-19(36)18-30-20(32-21(31-18)37-12-22(11-27)6-7-22)35-9-4-14(5-10-35)16-15-3-2-8-28-17(15)34-33-16/h2-3,8,13-14H,4-7,9-10,12H2,1H3,(H,29,36)(H,28,33,34). The van der Waals surface area contributed by atoms with Crippen LogP contribution in [0.4, 0.5) is 19.1 Å². The maximum Gasteiger partial charge on any atom is 0.408 e. The molecule has 5 rings (SSSR count). The predicted octanol–water partition coefficient (Wildman–Crippen LogP) is 2.89. The number of nitriles is 1. The first kappa shape index (κ1) is 24.7. The quantitative estimate of drug-likeness (QED) is 0.485. The van der Waals surface area contributed by atoms with E-state index in [1.54, 1.807) is 6.20 Å². The monoisotopic (exact) mass is 515 g/mol. The van der Waals surface area contributed by atoms with Crippen molar-refractivity contribution >= 4 is 22.9 Å². The van der Waals surface area contributed by atoms with Crippen LogP contribution < -0.4 is 15.0 Å². The number of carbonyl (C=O) groups is 1. The molecule has 4 heterocycles. The molecule has 194 valence electrons. The lowest BCUT2D eigenvalue weighted by molar-refractivity contribution is -0.149. The van der Waals surface area contributed by atoms with Crippen molar-refractivity contribution in [2.24, 2.45) is 5.41 Å².